The van der Waals surface area contributed by atoms with Crippen molar-refractivity contribution in [3.05, 3.63) is 24.3 Å². The number of fused-ring (bicyclic) bond motifs is 1. The molecule has 2 unspecified atom stereocenters. The van der Waals surface area contributed by atoms with Gasteiger partial charge in [-0.15, -0.1) is 0 Å². The zero-order chi connectivity index (χ0) is 22.2. The lowest BCUT2D eigenvalue weighted by Crippen LogP contribution is -2.47. The van der Waals surface area contributed by atoms with Crippen LogP contribution in [0.1, 0.15) is 46.0 Å². The summed E-state index contributed by atoms with van der Waals surface area (Å²) in [6, 6.07) is 8.65. The Morgan fingerprint density at radius 3 is 2.84 bits per heavy atom. The first-order valence-electron chi connectivity index (χ1n) is 12.4. The minimum Gasteiger partial charge on any atom is -0.491 e. The third kappa shape index (κ3) is 7.64. The Labute approximate surface area is 192 Å². The zero-order valence-corrected chi connectivity index (χ0v) is 19.7. The first-order chi connectivity index (χ1) is 15.7. The van der Waals surface area contributed by atoms with Gasteiger partial charge in [0.15, 0.2) is 5.96 Å². The minimum absolute atomic E-state index is 0.159. The number of ether oxygens (including phenoxy) is 3. The van der Waals surface area contributed by atoms with Gasteiger partial charge in [-0.2, -0.15) is 0 Å². The molecule has 0 aromatic heterocycles. The molecule has 7 heteroatoms. The van der Waals surface area contributed by atoms with Crippen molar-refractivity contribution in [2.75, 3.05) is 51.3 Å². The molecule has 1 aromatic rings. The van der Waals surface area contributed by atoms with Gasteiger partial charge in [-0.3, -0.25) is 9.89 Å². The van der Waals surface area contributed by atoms with Crippen LogP contribution in [0.3, 0.4) is 0 Å². The van der Waals surface area contributed by atoms with Crippen molar-refractivity contribution in [1.82, 2.24) is 10.2 Å². The monoisotopic (exact) mass is 444 g/mol. The molecule has 1 aromatic carbocycles. The Morgan fingerprint density at radius 1 is 1.22 bits per heavy atom. The van der Waals surface area contributed by atoms with Crippen LogP contribution in [0.2, 0.25) is 0 Å². The first kappa shape index (κ1) is 23.3. The molecule has 4 rings (SSSR count). The average Bonchev–Trinajstić information content (AvgIpc) is 3.49. The van der Waals surface area contributed by atoms with Crippen molar-refractivity contribution in [3.8, 4) is 5.75 Å². The predicted molar refractivity (Wildman–Crippen MR) is 129 cm³/mol. The van der Waals surface area contributed by atoms with Crippen molar-refractivity contribution >= 4 is 11.6 Å². The molecule has 2 heterocycles. The maximum Gasteiger partial charge on any atom is 0.195 e. The fourth-order valence-corrected chi connectivity index (χ4v) is 4.27. The highest BCUT2D eigenvalue weighted by molar-refractivity contribution is 5.93. The molecule has 0 radical (unpaired) electrons. The molecule has 178 valence electrons. The molecule has 2 N–H and O–H groups in total. The molecule has 0 spiro atoms. The number of rotatable bonds is 11. The van der Waals surface area contributed by atoms with E-state index in [9.17, 15) is 0 Å². The summed E-state index contributed by atoms with van der Waals surface area (Å²) in [6.07, 6.45) is 6.51. The fourth-order valence-electron chi connectivity index (χ4n) is 4.27. The Hall–Kier alpha value is -1.83. The number of hydrogen-bond acceptors (Lipinski definition) is 5. The van der Waals surface area contributed by atoms with Crippen LogP contribution >= 0.6 is 0 Å². The molecule has 7 nitrogen and oxygen atoms in total. The molecule has 2 saturated heterocycles. The fraction of sp³-hybridized carbons (Fsp3) is 0.720. The van der Waals surface area contributed by atoms with Crippen molar-refractivity contribution in [2.45, 2.75) is 64.2 Å². The van der Waals surface area contributed by atoms with Crippen LogP contribution in [-0.4, -0.2) is 75.1 Å². The van der Waals surface area contributed by atoms with Crippen molar-refractivity contribution < 1.29 is 14.2 Å². The molecule has 1 aliphatic carbocycles. The van der Waals surface area contributed by atoms with E-state index in [0.29, 0.717) is 12.6 Å². The highest BCUT2D eigenvalue weighted by Crippen LogP contribution is 2.28. The Balaban J connectivity index is 1.28. The second-order valence-electron chi connectivity index (χ2n) is 9.55. The van der Waals surface area contributed by atoms with Gasteiger partial charge in [0.1, 0.15) is 5.75 Å². The Kier molecular flexibility index (Phi) is 8.65. The maximum atomic E-state index is 6.09. The van der Waals surface area contributed by atoms with E-state index >= 15 is 0 Å². The summed E-state index contributed by atoms with van der Waals surface area (Å²) in [4.78, 5) is 7.42. The van der Waals surface area contributed by atoms with Gasteiger partial charge in [0.05, 0.1) is 25.4 Å². The number of nitrogens with one attached hydrogen (secondary N) is 2. The number of nitrogens with zero attached hydrogens (tertiary/aromatic N) is 2. The van der Waals surface area contributed by atoms with Crippen LogP contribution in [0.25, 0.3) is 0 Å². The van der Waals surface area contributed by atoms with Crippen LogP contribution in [0, 0.1) is 5.92 Å². The normalized spacial score (nSPS) is 23.9. The third-order valence-electron chi connectivity index (χ3n) is 6.21. The first-order valence-corrected chi connectivity index (χ1v) is 12.4. The predicted octanol–water partition coefficient (Wildman–Crippen LogP) is 3.51. The molecular formula is C25H40N4O3. The van der Waals surface area contributed by atoms with Gasteiger partial charge in [-0.25, -0.2) is 0 Å². The standard InChI is InChI=1S/C25H40N4O3/c1-19(2)32-23-10-8-21(9-11-23)28-25(26-12-4-14-30-17-20-6-7-20)27-15-24-16-29-13-3-5-22(29)18-31-24/h8-11,19-20,22,24H,3-7,12-18H2,1-2H3,(H2,26,27,28). The SMILES string of the molecule is CC(C)Oc1ccc(NC(=NCC2CN3CCCC3CO2)NCCCOCC2CC2)cc1. The lowest BCUT2D eigenvalue weighted by Gasteiger charge is -2.34. The molecule has 3 fully saturated rings. The van der Waals surface area contributed by atoms with Crippen molar-refractivity contribution in [1.29, 1.82) is 0 Å². The zero-order valence-electron chi connectivity index (χ0n) is 19.7. The molecule has 3 aliphatic rings. The van der Waals surface area contributed by atoms with Gasteiger partial charge in [-0.05, 0) is 82.7 Å². The topological polar surface area (TPSA) is 67.4 Å². The number of benzene rings is 1. The number of guanidine groups is 1. The molecule has 2 aliphatic heterocycles. The van der Waals surface area contributed by atoms with E-state index < -0.39 is 0 Å². The van der Waals surface area contributed by atoms with Gasteiger partial charge in [0.25, 0.3) is 0 Å². The van der Waals surface area contributed by atoms with Crippen LogP contribution in [-0.2, 0) is 9.47 Å². The average molecular weight is 445 g/mol. The van der Waals surface area contributed by atoms with Gasteiger partial charge in [0.2, 0.25) is 0 Å². The molecule has 0 amide bonds. The van der Waals surface area contributed by atoms with E-state index in [-0.39, 0.29) is 12.2 Å². The molecule has 1 saturated carbocycles. The van der Waals surface area contributed by atoms with Crippen LogP contribution in [0.5, 0.6) is 5.75 Å². The number of hydrogen-bond donors (Lipinski definition) is 2. The highest BCUT2D eigenvalue weighted by atomic mass is 16.5. The van der Waals surface area contributed by atoms with E-state index in [1.54, 1.807) is 0 Å². The molecule has 2 atom stereocenters. The highest BCUT2D eigenvalue weighted by Gasteiger charge is 2.32. The molecule has 0 bridgehead atoms. The molecular weight excluding hydrogens is 404 g/mol. The maximum absolute atomic E-state index is 6.09. The van der Waals surface area contributed by atoms with Crippen LogP contribution in [0.15, 0.2) is 29.3 Å². The van der Waals surface area contributed by atoms with Gasteiger partial charge in [0, 0.05) is 38.0 Å². The summed E-state index contributed by atoms with van der Waals surface area (Å²) in [5.41, 5.74) is 0.988. The largest absolute Gasteiger partial charge is 0.491 e. The summed E-state index contributed by atoms with van der Waals surface area (Å²) in [7, 11) is 0. The van der Waals surface area contributed by atoms with E-state index in [1.165, 1.54) is 32.2 Å². The van der Waals surface area contributed by atoms with Gasteiger partial charge in [-0.1, -0.05) is 0 Å². The summed E-state index contributed by atoms with van der Waals surface area (Å²) >= 11 is 0. The summed E-state index contributed by atoms with van der Waals surface area (Å²) in [5.74, 6) is 2.48. The summed E-state index contributed by atoms with van der Waals surface area (Å²) in [6.45, 7) is 10.3. The smallest absolute Gasteiger partial charge is 0.195 e. The third-order valence-corrected chi connectivity index (χ3v) is 6.21. The van der Waals surface area contributed by atoms with E-state index in [1.807, 2.05) is 38.1 Å². The summed E-state index contributed by atoms with van der Waals surface area (Å²) in [5, 5.41) is 6.90. The van der Waals surface area contributed by atoms with Gasteiger partial charge < -0.3 is 24.8 Å². The minimum atomic E-state index is 0.159. The summed E-state index contributed by atoms with van der Waals surface area (Å²) < 4.78 is 17.6. The van der Waals surface area contributed by atoms with Crippen LogP contribution < -0.4 is 15.4 Å². The number of anilines is 1. The Bertz CT molecular complexity index is 720. The van der Waals surface area contributed by atoms with Crippen LogP contribution in [0.4, 0.5) is 5.69 Å². The lowest BCUT2D eigenvalue weighted by atomic mass is 10.2. The number of aliphatic imine (C=N–C) groups is 1. The molecule has 32 heavy (non-hydrogen) atoms. The van der Waals surface area contributed by atoms with Gasteiger partial charge >= 0.3 is 0 Å². The second kappa shape index (κ2) is 11.9. The van der Waals surface area contributed by atoms with E-state index in [4.69, 9.17) is 19.2 Å². The van der Waals surface area contributed by atoms with E-state index in [2.05, 4.69) is 15.5 Å². The number of morpholine rings is 1. The van der Waals surface area contributed by atoms with Crippen molar-refractivity contribution in [3.63, 3.8) is 0 Å². The van der Waals surface area contributed by atoms with Crippen molar-refractivity contribution in [2.24, 2.45) is 10.9 Å². The van der Waals surface area contributed by atoms with E-state index in [0.717, 1.165) is 62.6 Å². The second-order valence-corrected chi connectivity index (χ2v) is 9.55. The quantitative estimate of drug-likeness (QED) is 0.309. The lowest BCUT2D eigenvalue weighted by molar-refractivity contribution is -0.0431. The Morgan fingerprint density at radius 2 is 2.06 bits per heavy atom.